The van der Waals surface area contributed by atoms with Crippen LogP contribution in [0.3, 0.4) is 0 Å². The highest BCUT2D eigenvalue weighted by Crippen LogP contribution is 2.30. The molecule has 1 fully saturated rings. The zero-order valence-corrected chi connectivity index (χ0v) is 22.9. The van der Waals surface area contributed by atoms with Crippen molar-refractivity contribution < 1.29 is 38.8 Å². The van der Waals surface area contributed by atoms with Crippen molar-refractivity contribution in [2.24, 2.45) is 11.8 Å². The number of hydrogen-bond acceptors (Lipinski definition) is 8. The van der Waals surface area contributed by atoms with Gasteiger partial charge < -0.3 is 29.2 Å². The Hall–Kier alpha value is -2.97. The number of ether oxygens (including phenoxy) is 3. The van der Waals surface area contributed by atoms with Crippen molar-refractivity contribution in [3.8, 4) is 5.75 Å². The molecule has 0 aromatic heterocycles. The number of benzene rings is 1. The quantitative estimate of drug-likeness (QED) is 0.146. The van der Waals surface area contributed by atoms with Gasteiger partial charge in [-0.15, -0.1) is 0 Å². The molecule has 8 heteroatoms. The normalized spacial score (nSPS) is 16.6. The van der Waals surface area contributed by atoms with Crippen molar-refractivity contribution in [1.82, 2.24) is 0 Å². The van der Waals surface area contributed by atoms with Crippen molar-refractivity contribution >= 4 is 18.2 Å². The lowest BCUT2D eigenvalue weighted by atomic mass is 9.80. The van der Waals surface area contributed by atoms with E-state index in [9.17, 15) is 14.4 Å². The Kier molecular flexibility index (Phi) is 16.7. The number of aliphatic hydroxyl groups is 2. The van der Waals surface area contributed by atoms with Crippen LogP contribution in [0, 0.1) is 11.8 Å². The van der Waals surface area contributed by atoms with Gasteiger partial charge in [0.2, 0.25) is 0 Å². The molecule has 0 atom stereocenters. The predicted octanol–water partition coefficient (Wildman–Crippen LogP) is 4.53. The molecule has 38 heavy (non-hydrogen) atoms. The number of rotatable bonds is 15. The van der Waals surface area contributed by atoms with Crippen molar-refractivity contribution in [2.45, 2.75) is 64.2 Å². The third kappa shape index (κ3) is 12.5. The Morgan fingerprint density at radius 2 is 1.47 bits per heavy atom. The summed E-state index contributed by atoms with van der Waals surface area (Å²) in [6, 6.07) is 6.97. The largest absolute Gasteiger partial charge is 0.497 e. The molecule has 2 rings (SSSR count). The van der Waals surface area contributed by atoms with Crippen molar-refractivity contribution in [3.05, 3.63) is 54.1 Å². The van der Waals surface area contributed by atoms with Crippen LogP contribution in [0.1, 0.15) is 69.8 Å². The highest BCUT2D eigenvalue weighted by molar-refractivity contribution is 5.88. The second-order valence-electron chi connectivity index (χ2n) is 9.60. The Bertz CT molecular complexity index is 837. The molecule has 8 nitrogen and oxygen atoms in total. The predicted molar refractivity (Wildman–Crippen MR) is 146 cm³/mol. The molecule has 0 amide bonds. The van der Waals surface area contributed by atoms with Crippen LogP contribution in [-0.2, 0) is 23.9 Å². The van der Waals surface area contributed by atoms with Gasteiger partial charge in [0.15, 0.2) is 0 Å². The summed E-state index contributed by atoms with van der Waals surface area (Å²) in [5, 5.41) is 17.8. The lowest BCUT2D eigenvalue weighted by molar-refractivity contribution is -0.143. The molecule has 1 aromatic carbocycles. The zero-order chi connectivity index (χ0) is 28.3. The van der Waals surface area contributed by atoms with Crippen LogP contribution in [0.2, 0.25) is 0 Å². The second kappa shape index (κ2) is 19.2. The first-order valence-electron chi connectivity index (χ1n) is 13.3. The molecule has 1 aromatic rings. The average Bonchev–Trinajstić information content (AvgIpc) is 2.96. The standard InChI is InChI=1S/C18H22O7.C12H22O/c1-12(8-19)17(21)24-10-15(11-25-18(22)13(2)9-20)14-4-6-16(23-3)7-5-14;1-2-3-4-5-11-6-8-12(10-13)9-7-11/h4-7,15,19-20H,1-2,8-11H2,3H3;10-12H,2-9H2,1H3. The highest BCUT2D eigenvalue weighted by atomic mass is 16.5. The molecule has 1 aliphatic rings. The van der Waals surface area contributed by atoms with E-state index in [1.807, 2.05) is 0 Å². The van der Waals surface area contributed by atoms with E-state index < -0.39 is 31.1 Å². The van der Waals surface area contributed by atoms with Crippen LogP contribution < -0.4 is 4.74 Å². The molecule has 1 saturated carbocycles. The molecular weight excluding hydrogens is 488 g/mol. The van der Waals surface area contributed by atoms with Crippen molar-refractivity contribution in [1.29, 1.82) is 0 Å². The SMILES string of the molecule is C=C(CO)C(=O)OCC(COC(=O)C(=C)CO)c1ccc(OC)cc1.CCCCCC1CCC(C=O)CC1. The van der Waals surface area contributed by atoms with E-state index in [4.69, 9.17) is 24.4 Å². The first-order valence-corrected chi connectivity index (χ1v) is 13.3. The molecule has 0 bridgehead atoms. The van der Waals surface area contributed by atoms with Crippen LogP contribution in [0.5, 0.6) is 5.75 Å². The first kappa shape index (κ1) is 33.1. The fraction of sp³-hybridized carbons (Fsp3) is 0.567. The number of carbonyl (C=O) groups is 3. The van der Waals surface area contributed by atoms with Crippen molar-refractivity contribution in [3.63, 3.8) is 0 Å². The van der Waals surface area contributed by atoms with Crippen LogP contribution in [0.25, 0.3) is 0 Å². The van der Waals surface area contributed by atoms with Gasteiger partial charge in [0.05, 0.1) is 37.4 Å². The minimum absolute atomic E-state index is 0.0702. The Morgan fingerprint density at radius 1 is 0.947 bits per heavy atom. The second-order valence-corrected chi connectivity index (χ2v) is 9.60. The minimum atomic E-state index is -0.730. The lowest BCUT2D eigenvalue weighted by Gasteiger charge is -2.25. The number of aldehydes is 1. The van der Waals surface area contributed by atoms with Crippen LogP contribution in [0.15, 0.2) is 48.6 Å². The van der Waals surface area contributed by atoms with Gasteiger partial charge in [-0.05, 0) is 49.3 Å². The molecule has 0 spiro atoms. The smallest absolute Gasteiger partial charge is 0.335 e. The minimum Gasteiger partial charge on any atom is -0.497 e. The summed E-state index contributed by atoms with van der Waals surface area (Å²) in [5.74, 6) is 0.0694. The van der Waals surface area contributed by atoms with Gasteiger partial charge in [-0.2, -0.15) is 0 Å². The Labute approximate surface area is 226 Å². The number of esters is 2. The van der Waals surface area contributed by atoms with E-state index in [-0.39, 0.29) is 24.4 Å². The lowest BCUT2D eigenvalue weighted by Crippen LogP contribution is -2.21. The zero-order valence-electron chi connectivity index (χ0n) is 22.9. The summed E-state index contributed by atoms with van der Waals surface area (Å²) in [5.41, 5.74) is 0.615. The third-order valence-corrected chi connectivity index (χ3v) is 6.68. The fourth-order valence-electron chi connectivity index (χ4n) is 4.10. The molecule has 212 valence electrons. The van der Waals surface area contributed by atoms with Gasteiger partial charge in [-0.1, -0.05) is 57.9 Å². The van der Waals surface area contributed by atoms with E-state index in [1.54, 1.807) is 24.3 Å². The number of unbranched alkanes of at least 4 members (excludes halogenated alkanes) is 2. The average molecular weight is 533 g/mol. The van der Waals surface area contributed by atoms with Gasteiger partial charge in [0, 0.05) is 5.92 Å². The number of carbonyl (C=O) groups excluding carboxylic acids is 3. The summed E-state index contributed by atoms with van der Waals surface area (Å²) in [6.07, 6.45) is 11.6. The van der Waals surface area contributed by atoms with E-state index in [2.05, 4.69) is 20.1 Å². The molecule has 0 aliphatic heterocycles. The molecule has 0 heterocycles. The first-order chi connectivity index (χ1) is 18.3. The third-order valence-electron chi connectivity index (χ3n) is 6.68. The maximum Gasteiger partial charge on any atom is 0.335 e. The summed E-state index contributed by atoms with van der Waals surface area (Å²) in [7, 11) is 1.54. The summed E-state index contributed by atoms with van der Waals surface area (Å²) < 4.78 is 15.3. The molecule has 0 saturated heterocycles. The van der Waals surface area contributed by atoms with Gasteiger partial charge in [-0.3, -0.25) is 0 Å². The van der Waals surface area contributed by atoms with Gasteiger partial charge in [-0.25, -0.2) is 9.59 Å². The molecular formula is C30H44O8. The Morgan fingerprint density at radius 3 is 1.89 bits per heavy atom. The topological polar surface area (TPSA) is 119 Å². The van der Waals surface area contributed by atoms with Gasteiger partial charge in [0.25, 0.3) is 0 Å². The summed E-state index contributed by atoms with van der Waals surface area (Å²) in [4.78, 5) is 33.8. The van der Waals surface area contributed by atoms with E-state index in [0.29, 0.717) is 11.7 Å². The molecule has 2 N–H and O–H groups in total. The van der Waals surface area contributed by atoms with Crippen molar-refractivity contribution in [2.75, 3.05) is 33.5 Å². The van der Waals surface area contributed by atoms with E-state index >= 15 is 0 Å². The van der Waals surface area contributed by atoms with E-state index in [1.165, 1.54) is 45.6 Å². The monoisotopic (exact) mass is 532 g/mol. The molecule has 1 aliphatic carbocycles. The number of aliphatic hydroxyl groups excluding tert-OH is 2. The summed E-state index contributed by atoms with van der Waals surface area (Å²) >= 11 is 0. The molecule has 0 radical (unpaired) electrons. The summed E-state index contributed by atoms with van der Waals surface area (Å²) in [6.45, 7) is 7.87. The maximum atomic E-state index is 11.6. The van der Waals surface area contributed by atoms with Crippen LogP contribution >= 0.6 is 0 Å². The van der Waals surface area contributed by atoms with Gasteiger partial charge >= 0.3 is 11.9 Å². The number of hydrogen-bond donors (Lipinski definition) is 2. The fourth-order valence-corrected chi connectivity index (χ4v) is 4.10. The highest BCUT2D eigenvalue weighted by Gasteiger charge is 2.20. The van der Waals surface area contributed by atoms with E-state index in [0.717, 1.165) is 30.6 Å². The molecule has 0 unspecified atom stereocenters. The number of methoxy groups -OCH3 is 1. The Balaban J connectivity index is 0.000000464. The van der Waals surface area contributed by atoms with Gasteiger partial charge in [0.1, 0.15) is 25.2 Å². The van der Waals surface area contributed by atoms with Crippen LogP contribution in [0.4, 0.5) is 0 Å². The van der Waals surface area contributed by atoms with Crippen LogP contribution in [-0.4, -0.2) is 62.0 Å². The maximum absolute atomic E-state index is 11.6.